The molecule has 0 fully saturated rings. The summed E-state index contributed by atoms with van der Waals surface area (Å²) in [6, 6.07) is 7.97. The van der Waals surface area contributed by atoms with E-state index in [4.69, 9.17) is 0 Å². The predicted octanol–water partition coefficient (Wildman–Crippen LogP) is 2.94. The minimum atomic E-state index is -0.550. The van der Waals surface area contributed by atoms with E-state index in [1.807, 2.05) is 42.0 Å². The molecule has 2 aromatic rings. The lowest BCUT2D eigenvalue weighted by Crippen LogP contribution is -2.10. The highest BCUT2D eigenvalue weighted by molar-refractivity contribution is 9.10. The van der Waals surface area contributed by atoms with Crippen LogP contribution in [0.5, 0.6) is 0 Å². The van der Waals surface area contributed by atoms with Crippen molar-refractivity contribution >= 4 is 15.9 Å². The van der Waals surface area contributed by atoms with E-state index >= 15 is 0 Å². The molecule has 1 heterocycles. The minimum absolute atomic E-state index is 0.550. The number of imidazole rings is 1. The topological polar surface area (TPSA) is 38.0 Å². The molecule has 0 aliphatic carbocycles. The van der Waals surface area contributed by atoms with Gasteiger partial charge in [0.05, 0.1) is 0 Å². The van der Waals surface area contributed by atoms with E-state index in [9.17, 15) is 5.11 Å². The smallest absolute Gasteiger partial charge is 0.137 e. The van der Waals surface area contributed by atoms with Crippen LogP contribution in [-0.4, -0.2) is 14.7 Å². The Bertz CT molecular complexity index is 478. The molecule has 0 radical (unpaired) electrons. The number of hydrogen-bond acceptors (Lipinski definition) is 2. The van der Waals surface area contributed by atoms with Gasteiger partial charge in [-0.1, -0.05) is 28.1 Å². The van der Waals surface area contributed by atoms with E-state index in [-0.39, 0.29) is 0 Å². The Hall–Kier alpha value is -1.13. The van der Waals surface area contributed by atoms with Crippen molar-refractivity contribution < 1.29 is 5.11 Å². The van der Waals surface area contributed by atoms with Crippen LogP contribution in [0.4, 0.5) is 0 Å². The number of aromatic nitrogens is 2. The lowest BCUT2D eigenvalue weighted by atomic mass is 10.1. The SMILES string of the molecule is CCn1ccnc1C(O)Cc1ccc(Br)cc1. The van der Waals surface area contributed by atoms with Crippen molar-refractivity contribution in [3.05, 3.63) is 52.5 Å². The number of benzene rings is 1. The zero-order valence-electron chi connectivity index (χ0n) is 9.68. The summed E-state index contributed by atoms with van der Waals surface area (Å²) < 4.78 is 3.01. The van der Waals surface area contributed by atoms with E-state index < -0.39 is 6.10 Å². The monoisotopic (exact) mass is 294 g/mol. The van der Waals surface area contributed by atoms with Gasteiger partial charge in [-0.2, -0.15) is 0 Å². The fourth-order valence-corrected chi connectivity index (χ4v) is 2.08. The molecule has 1 aromatic carbocycles. The molecule has 0 spiro atoms. The maximum Gasteiger partial charge on any atom is 0.137 e. The summed E-state index contributed by atoms with van der Waals surface area (Å²) in [4.78, 5) is 4.20. The molecular weight excluding hydrogens is 280 g/mol. The van der Waals surface area contributed by atoms with Gasteiger partial charge < -0.3 is 9.67 Å². The fourth-order valence-electron chi connectivity index (χ4n) is 1.82. The van der Waals surface area contributed by atoms with Gasteiger partial charge >= 0.3 is 0 Å². The molecule has 0 aliphatic rings. The van der Waals surface area contributed by atoms with Crippen LogP contribution in [0.15, 0.2) is 41.1 Å². The maximum atomic E-state index is 10.1. The third kappa shape index (κ3) is 2.96. The summed E-state index contributed by atoms with van der Waals surface area (Å²) in [7, 11) is 0. The first kappa shape index (κ1) is 12.3. The van der Waals surface area contributed by atoms with Gasteiger partial charge in [-0.25, -0.2) is 4.98 Å². The lowest BCUT2D eigenvalue weighted by Gasteiger charge is -2.12. The van der Waals surface area contributed by atoms with Gasteiger partial charge in [0.15, 0.2) is 0 Å². The zero-order valence-corrected chi connectivity index (χ0v) is 11.3. The molecule has 1 atom stereocenters. The van der Waals surface area contributed by atoms with E-state index in [0.29, 0.717) is 6.42 Å². The van der Waals surface area contributed by atoms with Crippen molar-refractivity contribution in [3.63, 3.8) is 0 Å². The second kappa shape index (κ2) is 5.47. The molecule has 0 saturated carbocycles. The highest BCUT2D eigenvalue weighted by Crippen LogP contribution is 2.18. The van der Waals surface area contributed by atoms with Crippen molar-refractivity contribution in [2.24, 2.45) is 0 Å². The molecule has 17 heavy (non-hydrogen) atoms. The molecule has 0 amide bonds. The summed E-state index contributed by atoms with van der Waals surface area (Å²) in [5, 5.41) is 10.1. The van der Waals surface area contributed by atoms with Crippen LogP contribution in [0.2, 0.25) is 0 Å². The van der Waals surface area contributed by atoms with E-state index in [2.05, 4.69) is 20.9 Å². The minimum Gasteiger partial charge on any atom is -0.385 e. The van der Waals surface area contributed by atoms with Crippen molar-refractivity contribution in [2.75, 3.05) is 0 Å². The average Bonchev–Trinajstić information content (AvgIpc) is 2.80. The Balaban J connectivity index is 2.11. The summed E-state index contributed by atoms with van der Waals surface area (Å²) in [5.74, 6) is 0.732. The van der Waals surface area contributed by atoms with Crippen molar-refractivity contribution in [1.82, 2.24) is 9.55 Å². The molecule has 1 unspecified atom stereocenters. The van der Waals surface area contributed by atoms with Gasteiger partial charge in [-0.3, -0.25) is 0 Å². The van der Waals surface area contributed by atoms with Crippen LogP contribution in [0, 0.1) is 0 Å². The largest absolute Gasteiger partial charge is 0.385 e. The van der Waals surface area contributed by atoms with Gasteiger partial charge in [0.2, 0.25) is 0 Å². The highest BCUT2D eigenvalue weighted by Gasteiger charge is 2.13. The molecule has 4 heteroatoms. The Morgan fingerprint density at radius 2 is 2.06 bits per heavy atom. The molecule has 2 rings (SSSR count). The van der Waals surface area contributed by atoms with Crippen LogP contribution >= 0.6 is 15.9 Å². The van der Waals surface area contributed by atoms with E-state index in [0.717, 1.165) is 22.4 Å². The number of halogens is 1. The van der Waals surface area contributed by atoms with Gasteiger partial charge in [-0.05, 0) is 24.6 Å². The zero-order chi connectivity index (χ0) is 12.3. The Labute approximate surface area is 109 Å². The van der Waals surface area contributed by atoms with Gasteiger partial charge in [0.25, 0.3) is 0 Å². The summed E-state index contributed by atoms with van der Waals surface area (Å²) in [6.45, 7) is 2.87. The summed E-state index contributed by atoms with van der Waals surface area (Å²) in [5.41, 5.74) is 1.10. The van der Waals surface area contributed by atoms with Crippen LogP contribution in [-0.2, 0) is 13.0 Å². The molecule has 0 saturated heterocycles. The second-order valence-corrected chi connectivity index (χ2v) is 4.83. The number of hydrogen-bond donors (Lipinski definition) is 1. The summed E-state index contributed by atoms with van der Waals surface area (Å²) in [6.07, 6.45) is 3.65. The Morgan fingerprint density at radius 1 is 1.35 bits per heavy atom. The molecule has 3 nitrogen and oxygen atoms in total. The predicted molar refractivity (Wildman–Crippen MR) is 70.7 cm³/mol. The van der Waals surface area contributed by atoms with Crippen LogP contribution in [0.3, 0.4) is 0 Å². The molecule has 1 aromatic heterocycles. The van der Waals surface area contributed by atoms with Crippen LogP contribution in [0.1, 0.15) is 24.4 Å². The normalized spacial score (nSPS) is 12.6. The number of rotatable bonds is 4. The third-order valence-electron chi connectivity index (χ3n) is 2.73. The van der Waals surface area contributed by atoms with Gasteiger partial charge in [0.1, 0.15) is 11.9 Å². The van der Waals surface area contributed by atoms with Crippen molar-refractivity contribution in [1.29, 1.82) is 0 Å². The highest BCUT2D eigenvalue weighted by atomic mass is 79.9. The average molecular weight is 295 g/mol. The maximum absolute atomic E-state index is 10.1. The van der Waals surface area contributed by atoms with E-state index in [1.54, 1.807) is 6.20 Å². The Morgan fingerprint density at radius 3 is 2.71 bits per heavy atom. The number of nitrogens with zero attached hydrogens (tertiary/aromatic N) is 2. The van der Waals surface area contributed by atoms with Crippen molar-refractivity contribution in [3.8, 4) is 0 Å². The number of aryl methyl sites for hydroxylation is 1. The number of aliphatic hydroxyl groups excluding tert-OH is 1. The first-order valence-electron chi connectivity index (χ1n) is 5.64. The molecule has 90 valence electrons. The quantitative estimate of drug-likeness (QED) is 0.941. The first-order chi connectivity index (χ1) is 8.20. The fraction of sp³-hybridized carbons (Fsp3) is 0.308. The summed E-state index contributed by atoms with van der Waals surface area (Å²) >= 11 is 3.39. The second-order valence-electron chi connectivity index (χ2n) is 3.92. The Kier molecular flexibility index (Phi) is 3.97. The molecule has 0 bridgehead atoms. The number of aliphatic hydroxyl groups is 1. The van der Waals surface area contributed by atoms with Crippen molar-refractivity contribution in [2.45, 2.75) is 26.0 Å². The van der Waals surface area contributed by atoms with Gasteiger partial charge in [0, 0.05) is 29.8 Å². The van der Waals surface area contributed by atoms with Gasteiger partial charge in [-0.15, -0.1) is 0 Å². The van der Waals surface area contributed by atoms with Crippen LogP contribution in [0.25, 0.3) is 0 Å². The lowest BCUT2D eigenvalue weighted by molar-refractivity contribution is 0.164. The molecular formula is C13H15BrN2O. The van der Waals surface area contributed by atoms with E-state index in [1.165, 1.54) is 0 Å². The van der Waals surface area contributed by atoms with Crippen LogP contribution < -0.4 is 0 Å². The standard InChI is InChI=1S/C13H15BrN2O/c1-2-16-8-7-15-13(16)12(17)9-10-3-5-11(14)6-4-10/h3-8,12,17H,2,9H2,1H3. The first-order valence-corrected chi connectivity index (χ1v) is 6.43. The molecule has 1 N–H and O–H groups in total. The molecule has 0 aliphatic heterocycles. The third-order valence-corrected chi connectivity index (χ3v) is 3.26.